The smallest absolute Gasteiger partial charge is 0.257 e. The lowest BCUT2D eigenvalue weighted by Crippen LogP contribution is -2.43. The van der Waals surface area contributed by atoms with Crippen molar-refractivity contribution in [3.8, 4) is 12.1 Å². The number of nitrogens with zero attached hydrogens (tertiary/aromatic N) is 4. The molecule has 1 aliphatic rings. The molecule has 0 aliphatic carbocycles. The summed E-state index contributed by atoms with van der Waals surface area (Å²) in [5.41, 5.74) is 3.14. The number of aryl methyl sites for hydroxylation is 1. The molecule has 1 aliphatic heterocycles. The first-order valence-corrected chi connectivity index (χ1v) is 11.9. The van der Waals surface area contributed by atoms with Crippen molar-refractivity contribution in [2.75, 3.05) is 22.9 Å². The highest BCUT2D eigenvalue weighted by Crippen LogP contribution is 2.43. The van der Waals surface area contributed by atoms with Gasteiger partial charge in [0.2, 0.25) is 0 Å². The number of hydrogen-bond donors (Lipinski definition) is 1. The molecule has 1 saturated heterocycles. The van der Waals surface area contributed by atoms with Crippen molar-refractivity contribution < 1.29 is 9.90 Å². The van der Waals surface area contributed by atoms with E-state index in [-0.39, 0.29) is 12.3 Å². The molecular formula is C30H28N4O2. The van der Waals surface area contributed by atoms with Crippen molar-refractivity contribution in [2.45, 2.75) is 31.9 Å². The van der Waals surface area contributed by atoms with Crippen LogP contribution in [0.2, 0.25) is 0 Å². The molecule has 0 bridgehead atoms. The van der Waals surface area contributed by atoms with Gasteiger partial charge in [0, 0.05) is 42.0 Å². The Bertz CT molecular complexity index is 1300. The van der Waals surface area contributed by atoms with Gasteiger partial charge >= 0.3 is 0 Å². The Hall–Kier alpha value is -4.39. The van der Waals surface area contributed by atoms with Crippen LogP contribution in [-0.2, 0) is 10.5 Å². The Balaban J connectivity index is 1.66. The van der Waals surface area contributed by atoms with Gasteiger partial charge in [-0.1, -0.05) is 60.2 Å². The minimum Gasteiger partial charge on any atom is -0.369 e. The fraction of sp³-hybridized carbons (Fsp3) is 0.233. The van der Waals surface area contributed by atoms with Gasteiger partial charge in [0.05, 0.1) is 25.0 Å². The van der Waals surface area contributed by atoms with Gasteiger partial charge in [0.25, 0.3) is 5.91 Å². The molecule has 3 aromatic rings. The van der Waals surface area contributed by atoms with Gasteiger partial charge < -0.3 is 10.0 Å². The highest BCUT2D eigenvalue weighted by atomic mass is 16.3. The number of hydrogen-bond acceptors (Lipinski definition) is 5. The highest BCUT2D eigenvalue weighted by molar-refractivity contribution is 6.12. The lowest BCUT2D eigenvalue weighted by molar-refractivity contribution is -0.116. The SMILES string of the molecule is Cc1ccc(N2C(=O)C(=Cc3ccc(N(CCC#N)CCC#N)cc3)CC2(O)c2ccccc2)cc1. The van der Waals surface area contributed by atoms with Gasteiger partial charge in [0.15, 0.2) is 5.72 Å². The number of carbonyl (C=O) groups excluding carboxylic acids is 1. The molecule has 4 rings (SSSR count). The van der Waals surface area contributed by atoms with Crippen LogP contribution in [0.25, 0.3) is 6.08 Å². The zero-order valence-electron chi connectivity index (χ0n) is 20.3. The fourth-order valence-corrected chi connectivity index (χ4v) is 4.53. The van der Waals surface area contributed by atoms with E-state index in [1.54, 1.807) is 0 Å². The molecule has 1 N–H and O–H groups in total. The first-order valence-electron chi connectivity index (χ1n) is 11.9. The van der Waals surface area contributed by atoms with Crippen LogP contribution in [0.4, 0.5) is 11.4 Å². The Morgan fingerprint density at radius 2 is 1.56 bits per heavy atom. The Kier molecular flexibility index (Phi) is 7.49. The Labute approximate surface area is 211 Å². The van der Waals surface area contributed by atoms with Crippen LogP contribution in [-0.4, -0.2) is 24.1 Å². The Morgan fingerprint density at radius 1 is 0.944 bits per heavy atom. The molecule has 0 saturated carbocycles. The topological polar surface area (TPSA) is 91.4 Å². The zero-order valence-corrected chi connectivity index (χ0v) is 20.3. The molecule has 0 radical (unpaired) electrons. The van der Waals surface area contributed by atoms with Gasteiger partial charge in [-0.3, -0.25) is 9.69 Å². The average Bonchev–Trinajstić information content (AvgIpc) is 3.16. The van der Waals surface area contributed by atoms with Gasteiger partial charge in [-0.25, -0.2) is 0 Å². The van der Waals surface area contributed by atoms with Gasteiger partial charge in [0.1, 0.15) is 0 Å². The molecule has 6 heteroatoms. The van der Waals surface area contributed by atoms with E-state index < -0.39 is 5.72 Å². The van der Waals surface area contributed by atoms with Crippen LogP contribution in [0.15, 0.2) is 84.4 Å². The van der Waals surface area contributed by atoms with Crippen LogP contribution >= 0.6 is 0 Å². The molecule has 0 spiro atoms. The summed E-state index contributed by atoms with van der Waals surface area (Å²) in [5.74, 6) is -0.237. The number of amides is 1. The van der Waals surface area contributed by atoms with Gasteiger partial charge in [-0.05, 0) is 42.8 Å². The average molecular weight is 477 g/mol. The van der Waals surface area contributed by atoms with Crippen LogP contribution in [0.5, 0.6) is 0 Å². The second kappa shape index (κ2) is 10.9. The van der Waals surface area contributed by atoms with Gasteiger partial charge in [-0.15, -0.1) is 0 Å². The van der Waals surface area contributed by atoms with Gasteiger partial charge in [-0.2, -0.15) is 10.5 Å². The van der Waals surface area contributed by atoms with Crippen molar-refractivity contribution in [3.05, 3.63) is 101 Å². The van der Waals surface area contributed by atoms with Crippen LogP contribution in [0.3, 0.4) is 0 Å². The third kappa shape index (κ3) is 5.15. The summed E-state index contributed by atoms with van der Waals surface area (Å²) in [6, 6.07) is 28.8. The quantitative estimate of drug-likeness (QED) is 0.446. The largest absolute Gasteiger partial charge is 0.369 e. The maximum Gasteiger partial charge on any atom is 0.257 e. The van der Waals surface area contributed by atoms with E-state index in [4.69, 9.17) is 10.5 Å². The third-order valence-corrected chi connectivity index (χ3v) is 6.40. The summed E-state index contributed by atoms with van der Waals surface area (Å²) in [4.78, 5) is 17.1. The van der Waals surface area contributed by atoms with Crippen molar-refractivity contribution in [2.24, 2.45) is 0 Å². The molecule has 6 nitrogen and oxygen atoms in total. The molecule has 1 heterocycles. The second-order valence-corrected chi connectivity index (χ2v) is 8.90. The Morgan fingerprint density at radius 3 is 2.14 bits per heavy atom. The highest BCUT2D eigenvalue weighted by Gasteiger charge is 2.49. The van der Waals surface area contributed by atoms with Crippen molar-refractivity contribution >= 4 is 23.4 Å². The third-order valence-electron chi connectivity index (χ3n) is 6.40. The van der Waals surface area contributed by atoms with E-state index in [0.717, 1.165) is 16.8 Å². The number of rotatable bonds is 8. The lowest BCUT2D eigenvalue weighted by Gasteiger charge is -2.33. The minimum absolute atomic E-state index is 0.155. The molecule has 180 valence electrons. The van der Waals surface area contributed by atoms with Crippen molar-refractivity contribution in [1.82, 2.24) is 0 Å². The van der Waals surface area contributed by atoms with E-state index in [1.165, 1.54) is 4.90 Å². The maximum absolute atomic E-state index is 13.6. The monoisotopic (exact) mass is 476 g/mol. The molecule has 1 unspecified atom stereocenters. The van der Waals surface area contributed by atoms with E-state index in [1.807, 2.05) is 96.8 Å². The van der Waals surface area contributed by atoms with Crippen LogP contribution in [0.1, 0.15) is 36.0 Å². The summed E-state index contributed by atoms with van der Waals surface area (Å²) >= 11 is 0. The molecular weight excluding hydrogens is 448 g/mol. The number of anilines is 2. The number of carbonyl (C=O) groups is 1. The number of benzene rings is 3. The van der Waals surface area contributed by atoms with E-state index in [0.29, 0.717) is 42.8 Å². The molecule has 3 aromatic carbocycles. The summed E-state index contributed by atoms with van der Waals surface area (Å²) in [7, 11) is 0. The predicted molar refractivity (Wildman–Crippen MR) is 141 cm³/mol. The van der Waals surface area contributed by atoms with E-state index in [2.05, 4.69) is 12.1 Å². The minimum atomic E-state index is -1.50. The summed E-state index contributed by atoms with van der Waals surface area (Å²) in [5, 5.41) is 29.8. The standard InChI is InChI=1S/C30H28N4O2/c1-23-9-13-28(14-10-23)34-29(35)25(22-30(34,36)26-7-3-2-4-8-26)21-24-11-15-27(16-12-24)33(19-5-17-31)20-6-18-32/h2-4,7-16,21,36H,5-6,19-20,22H2,1H3. The molecule has 36 heavy (non-hydrogen) atoms. The number of nitriles is 2. The molecule has 1 amide bonds. The second-order valence-electron chi connectivity index (χ2n) is 8.90. The van der Waals surface area contributed by atoms with Crippen LogP contribution in [0, 0.1) is 29.6 Å². The van der Waals surface area contributed by atoms with E-state index >= 15 is 0 Å². The normalized spacial score (nSPS) is 18.2. The summed E-state index contributed by atoms with van der Waals surface area (Å²) < 4.78 is 0. The molecule has 1 atom stereocenters. The molecule has 1 fully saturated rings. The molecule has 0 aromatic heterocycles. The predicted octanol–water partition coefficient (Wildman–Crippen LogP) is 5.29. The lowest BCUT2D eigenvalue weighted by atomic mass is 9.97. The van der Waals surface area contributed by atoms with E-state index in [9.17, 15) is 9.90 Å². The van der Waals surface area contributed by atoms with Crippen LogP contribution < -0.4 is 9.80 Å². The first-order chi connectivity index (χ1) is 17.5. The summed E-state index contributed by atoms with van der Waals surface area (Å²) in [6.07, 6.45) is 2.72. The van der Waals surface area contributed by atoms with Crippen molar-refractivity contribution in [3.63, 3.8) is 0 Å². The zero-order chi connectivity index (χ0) is 25.5. The maximum atomic E-state index is 13.6. The summed E-state index contributed by atoms with van der Waals surface area (Å²) in [6.45, 7) is 3.08. The van der Waals surface area contributed by atoms with Crippen molar-refractivity contribution in [1.29, 1.82) is 10.5 Å². The fourth-order valence-electron chi connectivity index (χ4n) is 4.53. The number of aliphatic hydroxyl groups is 1. The first kappa shape index (κ1) is 24.7.